The number of pyridine rings is 2. The highest BCUT2D eigenvalue weighted by Gasteiger charge is 2.24. The van der Waals surface area contributed by atoms with Gasteiger partial charge in [-0.2, -0.15) is 4.57 Å². The topological polar surface area (TPSA) is 44.5 Å². The van der Waals surface area contributed by atoms with Crippen molar-refractivity contribution in [2.24, 2.45) is 0 Å². The Balaban J connectivity index is 0.000000176. The van der Waals surface area contributed by atoms with Crippen molar-refractivity contribution in [3.63, 3.8) is 0 Å². The SMILES string of the molecule is Cc1ccc2cccc([O][Al][O]c3ccc(-c4ccccc4)cc3)c2n1.Cc1ccc2cccc3c2[n+]1CO3. The Morgan fingerprint density at radius 2 is 1.44 bits per heavy atom. The molecule has 0 fully saturated rings. The number of benzene rings is 4. The van der Waals surface area contributed by atoms with E-state index < -0.39 is 15.9 Å². The van der Waals surface area contributed by atoms with Crippen LogP contribution in [0.25, 0.3) is 32.9 Å². The molecule has 0 aliphatic carbocycles. The van der Waals surface area contributed by atoms with Gasteiger partial charge in [-0.15, -0.1) is 0 Å². The van der Waals surface area contributed by atoms with Gasteiger partial charge in [-0.25, -0.2) is 4.98 Å². The molecule has 0 atom stereocenters. The number of aryl methyl sites for hydroxylation is 2. The Morgan fingerprint density at radius 3 is 2.28 bits per heavy atom. The van der Waals surface area contributed by atoms with E-state index in [1.54, 1.807) is 0 Å². The molecular weight excluding hydrogens is 499 g/mol. The number of hydrogen-bond acceptors (Lipinski definition) is 4. The number of ether oxygens (including phenoxy) is 1. The molecule has 0 bridgehead atoms. The van der Waals surface area contributed by atoms with Crippen LogP contribution in [-0.2, 0) is 6.73 Å². The van der Waals surface area contributed by atoms with Crippen LogP contribution >= 0.6 is 0 Å². The van der Waals surface area contributed by atoms with E-state index in [-0.39, 0.29) is 0 Å². The van der Waals surface area contributed by atoms with Crippen LogP contribution in [0, 0.1) is 13.8 Å². The largest absolute Gasteiger partial charge is 0.881 e. The quantitative estimate of drug-likeness (QED) is 0.179. The average Bonchev–Trinajstić information content (AvgIpc) is 3.43. The van der Waals surface area contributed by atoms with Gasteiger partial charge in [0.15, 0.2) is 11.4 Å². The van der Waals surface area contributed by atoms with Crippen molar-refractivity contribution in [1.82, 2.24) is 4.98 Å². The Hall–Kier alpha value is -4.37. The molecule has 4 aromatic carbocycles. The fourth-order valence-corrected chi connectivity index (χ4v) is 5.27. The molecule has 1 aliphatic heterocycles. The highest BCUT2D eigenvalue weighted by Crippen LogP contribution is 2.27. The van der Waals surface area contributed by atoms with Gasteiger partial charge in [0, 0.05) is 24.1 Å². The van der Waals surface area contributed by atoms with Crippen molar-refractivity contribution < 1.29 is 16.9 Å². The third-order valence-corrected chi connectivity index (χ3v) is 7.44. The third-order valence-electron chi connectivity index (χ3n) is 6.72. The summed E-state index contributed by atoms with van der Waals surface area (Å²) in [7, 11) is 0. The summed E-state index contributed by atoms with van der Waals surface area (Å²) in [5, 5.41) is 2.32. The molecule has 2 aromatic heterocycles. The molecule has 1 aliphatic rings. The van der Waals surface area contributed by atoms with Gasteiger partial charge in [0.2, 0.25) is 0 Å². The number of aromatic nitrogens is 2. The van der Waals surface area contributed by atoms with E-state index in [9.17, 15) is 0 Å². The van der Waals surface area contributed by atoms with Crippen LogP contribution in [0.3, 0.4) is 0 Å². The molecule has 6 aromatic rings. The lowest BCUT2D eigenvalue weighted by Crippen LogP contribution is -2.35. The second kappa shape index (κ2) is 11.2. The molecule has 0 saturated heterocycles. The van der Waals surface area contributed by atoms with Crippen molar-refractivity contribution >= 4 is 37.7 Å². The van der Waals surface area contributed by atoms with Crippen molar-refractivity contribution in [2.75, 3.05) is 0 Å². The number of hydrogen-bond donors (Lipinski definition) is 0. The molecule has 0 amide bonds. The Labute approximate surface area is 234 Å². The van der Waals surface area contributed by atoms with E-state index >= 15 is 0 Å². The lowest BCUT2D eigenvalue weighted by atomic mass is 10.1. The summed E-state index contributed by atoms with van der Waals surface area (Å²) >= 11 is -0.665. The second-order valence-corrected chi connectivity index (χ2v) is 10.0. The molecule has 1 radical (unpaired) electrons. The number of nitrogens with zero attached hydrogens (tertiary/aromatic N) is 2. The summed E-state index contributed by atoms with van der Waals surface area (Å²) in [5.41, 5.74) is 6.69. The zero-order chi connectivity index (χ0) is 26.6. The fourth-order valence-electron chi connectivity index (χ4n) is 4.66. The Bertz CT molecular complexity index is 1760. The minimum Gasteiger partial charge on any atom is -0.616 e. The van der Waals surface area contributed by atoms with Gasteiger partial charge in [-0.1, -0.05) is 66.7 Å². The minimum atomic E-state index is -0.665. The maximum Gasteiger partial charge on any atom is 0.881 e. The second-order valence-electron chi connectivity index (χ2n) is 9.37. The van der Waals surface area contributed by atoms with E-state index in [0.717, 1.165) is 33.8 Å². The monoisotopic (exact) mass is 526 g/mol. The van der Waals surface area contributed by atoms with Gasteiger partial charge in [0.05, 0.1) is 11.1 Å². The maximum absolute atomic E-state index is 5.89. The summed E-state index contributed by atoms with van der Waals surface area (Å²) in [4.78, 5) is 4.58. The van der Waals surface area contributed by atoms with Crippen LogP contribution < -0.4 is 16.9 Å². The molecule has 3 heterocycles. The van der Waals surface area contributed by atoms with E-state index in [2.05, 4.69) is 65.0 Å². The molecule has 7 rings (SSSR count). The summed E-state index contributed by atoms with van der Waals surface area (Å²) in [5.74, 6) is 2.58. The third kappa shape index (κ3) is 5.44. The first-order valence-electron chi connectivity index (χ1n) is 12.9. The molecule has 0 spiro atoms. The number of para-hydroxylation sites is 2. The van der Waals surface area contributed by atoms with Crippen molar-refractivity contribution in [1.29, 1.82) is 0 Å². The molecule has 39 heavy (non-hydrogen) atoms. The van der Waals surface area contributed by atoms with E-state index in [1.807, 2.05) is 73.7 Å². The lowest BCUT2D eigenvalue weighted by Gasteiger charge is -2.11. The van der Waals surface area contributed by atoms with Gasteiger partial charge in [0.25, 0.3) is 12.2 Å². The standard InChI is InChI=1S/C12H10O.C11H10NO.C10H9NO.Al/c13-12-8-6-11(7-9-12)10-4-2-1-3-5-10;1-8-5-6-9-3-2-4-10-11(9)12(8)7-13-10;1-7-5-6-8-3-2-4-9(12)10(8)11-7;/h1-9,13H;2-6H,7H2,1H3;2-6,12H,1H3;/q;+1;;+2/p-2. The van der Waals surface area contributed by atoms with Gasteiger partial charge in [-0.3, -0.25) is 0 Å². The predicted molar refractivity (Wildman–Crippen MR) is 155 cm³/mol. The van der Waals surface area contributed by atoms with Crippen LogP contribution in [0.2, 0.25) is 0 Å². The molecule has 0 unspecified atom stereocenters. The molecule has 0 N–H and O–H groups in total. The summed E-state index contributed by atoms with van der Waals surface area (Å²) in [6.45, 7) is 4.74. The van der Waals surface area contributed by atoms with E-state index in [0.29, 0.717) is 6.73 Å². The minimum absolute atomic E-state index is 0.655. The van der Waals surface area contributed by atoms with Crippen LogP contribution in [0.5, 0.6) is 17.2 Å². The van der Waals surface area contributed by atoms with Gasteiger partial charge in [0.1, 0.15) is 11.3 Å². The first kappa shape index (κ1) is 24.9. The lowest BCUT2D eigenvalue weighted by molar-refractivity contribution is -0.694. The van der Waals surface area contributed by atoms with Crippen LogP contribution in [-0.4, -0.2) is 20.9 Å². The van der Waals surface area contributed by atoms with Gasteiger partial charge < -0.3 is 12.3 Å². The van der Waals surface area contributed by atoms with Crippen molar-refractivity contribution in [2.45, 2.75) is 20.6 Å². The summed E-state index contributed by atoms with van der Waals surface area (Å²) < 4.78 is 19.5. The molecule has 0 saturated carbocycles. The molecular formula is C33H27AlN2O3+. The normalized spacial score (nSPS) is 11.4. The zero-order valence-corrected chi connectivity index (χ0v) is 23.0. The molecule has 189 valence electrons. The van der Waals surface area contributed by atoms with Crippen molar-refractivity contribution in [3.05, 3.63) is 127 Å². The first-order chi connectivity index (χ1) is 19.2. The Morgan fingerprint density at radius 1 is 0.692 bits per heavy atom. The van der Waals surface area contributed by atoms with E-state index in [4.69, 9.17) is 12.3 Å². The first-order valence-corrected chi connectivity index (χ1v) is 13.8. The highest BCUT2D eigenvalue weighted by molar-refractivity contribution is 6.21. The smallest absolute Gasteiger partial charge is 0.616 e. The Kier molecular flexibility index (Phi) is 7.14. The number of fused-ring (bicyclic) bond motifs is 1. The predicted octanol–water partition coefficient (Wildman–Crippen LogP) is 6.99. The number of rotatable bonds is 5. The van der Waals surface area contributed by atoms with Gasteiger partial charge >= 0.3 is 15.9 Å². The van der Waals surface area contributed by atoms with E-state index in [1.165, 1.54) is 27.7 Å². The summed E-state index contributed by atoms with van der Waals surface area (Å²) in [6, 6.07) is 38.8. The van der Waals surface area contributed by atoms with Crippen LogP contribution in [0.15, 0.2) is 115 Å². The summed E-state index contributed by atoms with van der Waals surface area (Å²) in [6.07, 6.45) is 0. The highest BCUT2D eigenvalue weighted by atomic mass is 27.2. The zero-order valence-electron chi connectivity index (χ0n) is 21.9. The molecule has 6 heteroatoms. The van der Waals surface area contributed by atoms with Crippen LogP contribution in [0.4, 0.5) is 0 Å². The van der Waals surface area contributed by atoms with Crippen LogP contribution in [0.1, 0.15) is 11.4 Å². The maximum atomic E-state index is 5.89. The van der Waals surface area contributed by atoms with Gasteiger partial charge in [-0.05, 0) is 60.5 Å². The fraction of sp³-hybridized carbons (Fsp3) is 0.0909. The van der Waals surface area contributed by atoms with Crippen molar-refractivity contribution in [3.8, 4) is 28.4 Å². The average molecular weight is 527 g/mol. The molecule has 5 nitrogen and oxygen atoms in total.